The van der Waals surface area contributed by atoms with Crippen molar-refractivity contribution in [3.05, 3.63) is 194 Å². The zero-order chi connectivity index (χ0) is 39.9. The van der Waals surface area contributed by atoms with Crippen LogP contribution in [-0.2, 0) is 13.1 Å². The SMILES string of the molecule is CCn1c2ccccc2c2cc(-c3cccc4c(-c5ccc6ccc(-c7ccccc7)cc6c5)c5cccc(-c6ccc7c(c6)c6ccccc6n7CC)c5cc34)ccc21. The largest absolute Gasteiger partial charge is 0.341 e. The second kappa shape index (κ2) is 13.6. The van der Waals surface area contributed by atoms with E-state index in [0.717, 1.165) is 13.1 Å². The van der Waals surface area contributed by atoms with Gasteiger partial charge < -0.3 is 9.13 Å². The highest BCUT2D eigenvalue weighted by Gasteiger charge is 2.19. The second-order valence-electron chi connectivity index (χ2n) is 16.2. The average Bonchev–Trinajstić information content (AvgIpc) is 3.81. The van der Waals surface area contributed by atoms with Crippen LogP contribution in [-0.4, -0.2) is 9.13 Å². The molecule has 2 heterocycles. The summed E-state index contributed by atoms with van der Waals surface area (Å²) in [5, 5.41) is 12.7. The fraction of sp³-hybridized carbons (Fsp3) is 0.0690. The molecule has 0 aliphatic heterocycles. The van der Waals surface area contributed by atoms with E-state index in [9.17, 15) is 0 Å². The van der Waals surface area contributed by atoms with E-state index in [1.54, 1.807) is 0 Å². The minimum atomic E-state index is 0.930. The summed E-state index contributed by atoms with van der Waals surface area (Å²) < 4.78 is 4.88. The van der Waals surface area contributed by atoms with Gasteiger partial charge >= 0.3 is 0 Å². The molecule has 0 saturated heterocycles. The van der Waals surface area contributed by atoms with Crippen LogP contribution in [0.3, 0.4) is 0 Å². The molecule has 0 atom stereocenters. The maximum absolute atomic E-state index is 2.48. The van der Waals surface area contributed by atoms with Gasteiger partial charge in [0.05, 0.1) is 0 Å². The van der Waals surface area contributed by atoms with Crippen molar-refractivity contribution >= 4 is 75.9 Å². The summed E-state index contributed by atoms with van der Waals surface area (Å²) in [5.41, 5.74) is 15.0. The Kier molecular flexibility index (Phi) is 7.83. The van der Waals surface area contributed by atoms with Gasteiger partial charge in [-0.15, -0.1) is 0 Å². The predicted octanol–water partition coefficient (Wildman–Crippen LogP) is 16.1. The standard InChI is InChI=1S/C58H42N2/c1-3-59-54-22-10-8-16-46(54)52-34-40(28-30-56(52)59)44-18-12-20-48-50(44)36-51-45(41-29-31-57-53(35-41)47-17-9-11-23-55(47)60(57)4-2)19-13-21-49(51)58(48)42-27-25-38-24-26-39(32-43(38)33-42)37-14-6-5-7-15-37/h5-36H,3-4H2,1-2H3. The lowest BCUT2D eigenvalue weighted by molar-refractivity contribution is 0.827. The summed E-state index contributed by atoms with van der Waals surface area (Å²) >= 11 is 0. The van der Waals surface area contributed by atoms with Crippen molar-refractivity contribution < 1.29 is 0 Å². The number of aryl methyl sites for hydroxylation is 2. The fourth-order valence-electron chi connectivity index (χ4n) is 10.3. The minimum Gasteiger partial charge on any atom is -0.341 e. The van der Waals surface area contributed by atoms with Crippen molar-refractivity contribution in [3.8, 4) is 44.5 Å². The van der Waals surface area contributed by atoms with Crippen LogP contribution >= 0.6 is 0 Å². The molecule has 0 fully saturated rings. The fourth-order valence-corrected chi connectivity index (χ4v) is 10.3. The number of nitrogens with zero attached hydrogens (tertiary/aromatic N) is 2. The molecule has 0 aliphatic carbocycles. The van der Waals surface area contributed by atoms with E-state index >= 15 is 0 Å². The molecular weight excluding hydrogens is 725 g/mol. The van der Waals surface area contributed by atoms with Gasteiger partial charge in [0.2, 0.25) is 0 Å². The van der Waals surface area contributed by atoms with Crippen LogP contribution in [0.25, 0.3) is 120 Å². The molecule has 0 saturated carbocycles. The topological polar surface area (TPSA) is 9.86 Å². The molecule has 0 aliphatic rings. The molecule has 2 heteroatoms. The first-order chi connectivity index (χ1) is 29.7. The monoisotopic (exact) mass is 766 g/mol. The Bertz CT molecular complexity index is 3500. The molecule has 0 spiro atoms. The van der Waals surface area contributed by atoms with E-state index in [-0.39, 0.29) is 0 Å². The van der Waals surface area contributed by atoms with Crippen LogP contribution in [0.2, 0.25) is 0 Å². The molecule has 10 aromatic carbocycles. The van der Waals surface area contributed by atoms with Gasteiger partial charge in [-0.1, -0.05) is 140 Å². The molecular formula is C58H42N2. The third kappa shape index (κ3) is 5.20. The highest BCUT2D eigenvalue weighted by Crippen LogP contribution is 2.45. The van der Waals surface area contributed by atoms with Gasteiger partial charge in [0.25, 0.3) is 0 Å². The van der Waals surface area contributed by atoms with Crippen molar-refractivity contribution in [3.63, 3.8) is 0 Å². The van der Waals surface area contributed by atoms with E-state index in [4.69, 9.17) is 0 Å². The van der Waals surface area contributed by atoms with Gasteiger partial charge in [0.1, 0.15) is 0 Å². The number of para-hydroxylation sites is 2. The molecule has 2 aromatic heterocycles. The van der Waals surface area contributed by atoms with Crippen LogP contribution in [0.15, 0.2) is 194 Å². The van der Waals surface area contributed by atoms with Crippen molar-refractivity contribution in [1.29, 1.82) is 0 Å². The summed E-state index contributed by atoms with van der Waals surface area (Å²) in [6.45, 7) is 6.34. The molecule has 0 bridgehead atoms. The van der Waals surface area contributed by atoms with Crippen molar-refractivity contribution in [2.45, 2.75) is 26.9 Å². The van der Waals surface area contributed by atoms with E-state index < -0.39 is 0 Å². The first kappa shape index (κ1) is 34.6. The Hall–Kier alpha value is -7.42. The highest BCUT2D eigenvalue weighted by molar-refractivity contribution is 6.20. The Morgan fingerprint density at radius 1 is 0.283 bits per heavy atom. The quantitative estimate of drug-likeness (QED) is 0.149. The van der Waals surface area contributed by atoms with Gasteiger partial charge in [-0.3, -0.25) is 0 Å². The van der Waals surface area contributed by atoms with Crippen molar-refractivity contribution in [2.75, 3.05) is 0 Å². The highest BCUT2D eigenvalue weighted by atomic mass is 15.0. The molecule has 60 heavy (non-hydrogen) atoms. The van der Waals surface area contributed by atoms with Crippen LogP contribution in [0.4, 0.5) is 0 Å². The third-order valence-corrected chi connectivity index (χ3v) is 13.1. The van der Waals surface area contributed by atoms with E-state index in [0.29, 0.717) is 0 Å². The maximum Gasteiger partial charge on any atom is 0.0491 e. The number of hydrogen-bond acceptors (Lipinski definition) is 0. The summed E-state index contributed by atoms with van der Waals surface area (Å²) in [6, 6.07) is 72.7. The van der Waals surface area contributed by atoms with E-state index in [2.05, 4.69) is 217 Å². The lowest BCUT2D eigenvalue weighted by Gasteiger charge is -2.18. The summed E-state index contributed by atoms with van der Waals surface area (Å²) in [5.74, 6) is 0. The number of benzene rings is 10. The number of fused-ring (bicyclic) bond motifs is 9. The first-order valence-corrected chi connectivity index (χ1v) is 21.3. The lowest BCUT2D eigenvalue weighted by Crippen LogP contribution is -1.93. The Morgan fingerprint density at radius 3 is 1.32 bits per heavy atom. The number of hydrogen-bond donors (Lipinski definition) is 0. The first-order valence-electron chi connectivity index (χ1n) is 21.3. The minimum absolute atomic E-state index is 0.930. The lowest BCUT2D eigenvalue weighted by atomic mass is 9.85. The Balaban J connectivity index is 1.15. The summed E-state index contributed by atoms with van der Waals surface area (Å²) in [7, 11) is 0. The molecule has 0 radical (unpaired) electrons. The summed E-state index contributed by atoms with van der Waals surface area (Å²) in [4.78, 5) is 0. The van der Waals surface area contributed by atoms with Gasteiger partial charge in [-0.2, -0.15) is 0 Å². The van der Waals surface area contributed by atoms with Crippen LogP contribution in [0.5, 0.6) is 0 Å². The van der Waals surface area contributed by atoms with Crippen molar-refractivity contribution in [1.82, 2.24) is 9.13 Å². The van der Waals surface area contributed by atoms with Gasteiger partial charge in [-0.05, 0) is 145 Å². The van der Waals surface area contributed by atoms with Gasteiger partial charge in [0.15, 0.2) is 0 Å². The molecule has 2 nitrogen and oxygen atoms in total. The molecule has 0 N–H and O–H groups in total. The predicted molar refractivity (Wildman–Crippen MR) is 258 cm³/mol. The number of aromatic nitrogens is 2. The molecule has 0 amide bonds. The third-order valence-electron chi connectivity index (χ3n) is 13.1. The summed E-state index contributed by atoms with van der Waals surface area (Å²) in [6.07, 6.45) is 0. The van der Waals surface area contributed by atoms with E-state index in [1.165, 1.54) is 120 Å². The zero-order valence-electron chi connectivity index (χ0n) is 33.8. The number of rotatable bonds is 6. The van der Waals surface area contributed by atoms with Crippen molar-refractivity contribution in [2.24, 2.45) is 0 Å². The normalized spacial score (nSPS) is 12.0. The van der Waals surface area contributed by atoms with E-state index in [1.807, 2.05) is 0 Å². The van der Waals surface area contributed by atoms with Crippen LogP contribution in [0.1, 0.15) is 13.8 Å². The van der Waals surface area contributed by atoms with Gasteiger partial charge in [-0.25, -0.2) is 0 Å². The molecule has 0 unspecified atom stereocenters. The smallest absolute Gasteiger partial charge is 0.0491 e. The van der Waals surface area contributed by atoms with Crippen LogP contribution < -0.4 is 0 Å². The maximum atomic E-state index is 2.48. The van der Waals surface area contributed by atoms with Crippen LogP contribution in [0, 0.1) is 0 Å². The van der Waals surface area contributed by atoms with Gasteiger partial charge in [0, 0.05) is 56.7 Å². The molecule has 12 aromatic rings. The average molecular weight is 767 g/mol. The zero-order valence-corrected chi connectivity index (χ0v) is 33.8. The molecule has 284 valence electrons. The Labute approximate surface area is 349 Å². The molecule has 12 rings (SSSR count). The Morgan fingerprint density at radius 2 is 0.750 bits per heavy atom. The second-order valence-corrected chi connectivity index (χ2v) is 16.2.